The molecule has 6 heteroatoms. The Balaban J connectivity index is 1.63. The Morgan fingerprint density at radius 2 is 2.10 bits per heavy atom. The predicted molar refractivity (Wildman–Crippen MR) is 83.6 cm³/mol. The fraction of sp³-hybridized carbons (Fsp3) is 0.533. The topological polar surface area (TPSA) is 69.7 Å². The summed E-state index contributed by atoms with van der Waals surface area (Å²) in [7, 11) is 0. The average molecular weight is 286 g/mol. The van der Waals surface area contributed by atoms with Gasteiger partial charge < -0.3 is 15.2 Å². The Morgan fingerprint density at radius 1 is 1.24 bits per heavy atom. The fourth-order valence-corrected chi connectivity index (χ4v) is 2.62. The molecule has 0 aromatic carbocycles. The number of hydrogen-bond donors (Lipinski definition) is 2. The number of nitrogens with zero attached hydrogens (tertiary/aromatic N) is 4. The van der Waals surface area contributed by atoms with Crippen molar-refractivity contribution in [2.75, 3.05) is 29.9 Å². The molecule has 1 fully saturated rings. The summed E-state index contributed by atoms with van der Waals surface area (Å²) >= 11 is 0. The number of anilines is 2. The third-order valence-electron chi connectivity index (χ3n) is 3.70. The van der Waals surface area contributed by atoms with Crippen LogP contribution in [0.5, 0.6) is 0 Å². The van der Waals surface area contributed by atoms with E-state index in [4.69, 9.17) is 0 Å². The van der Waals surface area contributed by atoms with Crippen molar-refractivity contribution >= 4 is 11.8 Å². The third kappa shape index (κ3) is 3.71. The minimum Gasteiger partial charge on any atom is -0.369 e. The maximum atomic E-state index is 4.65. The van der Waals surface area contributed by atoms with E-state index in [1.54, 1.807) is 6.20 Å². The minimum absolute atomic E-state index is 0.809. The summed E-state index contributed by atoms with van der Waals surface area (Å²) in [6.45, 7) is 4.96. The van der Waals surface area contributed by atoms with Crippen LogP contribution in [0.15, 0.2) is 18.5 Å². The summed E-state index contributed by atoms with van der Waals surface area (Å²) in [5, 5.41) is 3.37. The lowest BCUT2D eigenvalue weighted by molar-refractivity contribution is 0.568. The van der Waals surface area contributed by atoms with Crippen molar-refractivity contribution in [3.63, 3.8) is 0 Å². The highest BCUT2D eigenvalue weighted by Gasteiger charge is 2.14. The van der Waals surface area contributed by atoms with E-state index in [-0.39, 0.29) is 0 Å². The lowest BCUT2D eigenvalue weighted by Crippen LogP contribution is -2.31. The lowest BCUT2D eigenvalue weighted by atomic mass is 10.1. The molecule has 0 aliphatic carbocycles. The van der Waals surface area contributed by atoms with Gasteiger partial charge in [0.25, 0.3) is 0 Å². The molecule has 2 aromatic rings. The monoisotopic (exact) mass is 286 g/mol. The van der Waals surface area contributed by atoms with Gasteiger partial charge in [-0.3, -0.25) is 0 Å². The van der Waals surface area contributed by atoms with Crippen molar-refractivity contribution in [2.45, 2.75) is 32.6 Å². The summed E-state index contributed by atoms with van der Waals surface area (Å²) in [5.41, 5.74) is 1.01. The van der Waals surface area contributed by atoms with Crippen LogP contribution in [0.1, 0.15) is 30.8 Å². The molecule has 2 aromatic heterocycles. The molecule has 0 atom stereocenters. The second kappa shape index (κ2) is 6.56. The van der Waals surface area contributed by atoms with E-state index < -0.39 is 0 Å². The first-order chi connectivity index (χ1) is 10.3. The number of imidazole rings is 1. The van der Waals surface area contributed by atoms with Crippen LogP contribution in [-0.2, 0) is 6.42 Å². The standard InChI is InChI=1S/C15H22N6/c1-12-11-14(16-6-5-13-17-7-8-18-13)20-15(19-12)21-9-3-2-4-10-21/h7-8,11H,2-6,9-10H2,1H3,(H,17,18)(H,16,19,20). The number of piperidine rings is 1. The van der Waals surface area contributed by atoms with E-state index in [2.05, 4.69) is 30.2 Å². The van der Waals surface area contributed by atoms with Gasteiger partial charge in [0.05, 0.1) is 0 Å². The second-order valence-corrected chi connectivity index (χ2v) is 5.45. The summed E-state index contributed by atoms with van der Waals surface area (Å²) in [6.07, 6.45) is 8.26. The smallest absolute Gasteiger partial charge is 0.227 e. The van der Waals surface area contributed by atoms with Crippen LogP contribution in [0.4, 0.5) is 11.8 Å². The molecule has 3 heterocycles. The Labute approximate surface area is 125 Å². The fourth-order valence-electron chi connectivity index (χ4n) is 2.62. The van der Waals surface area contributed by atoms with E-state index in [1.807, 2.05) is 19.2 Å². The molecule has 3 rings (SSSR count). The van der Waals surface area contributed by atoms with Gasteiger partial charge in [0.15, 0.2) is 0 Å². The van der Waals surface area contributed by atoms with Gasteiger partial charge in [-0.2, -0.15) is 4.98 Å². The van der Waals surface area contributed by atoms with Gasteiger partial charge in [-0.05, 0) is 26.2 Å². The SMILES string of the molecule is Cc1cc(NCCc2ncc[nH]2)nc(N2CCCCC2)n1. The highest BCUT2D eigenvalue weighted by atomic mass is 15.3. The van der Waals surface area contributed by atoms with Crippen molar-refractivity contribution in [1.29, 1.82) is 0 Å². The predicted octanol–water partition coefficient (Wildman–Crippen LogP) is 2.15. The zero-order chi connectivity index (χ0) is 14.5. The molecule has 1 saturated heterocycles. The summed E-state index contributed by atoms with van der Waals surface area (Å²) < 4.78 is 0. The Hall–Kier alpha value is -2.11. The number of H-pyrrole nitrogens is 1. The molecular weight excluding hydrogens is 264 g/mol. The number of aromatic nitrogens is 4. The highest BCUT2D eigenvalue weighted by molar-refractivity contribution is 5.43. The van der Waals surface area contributed by atoms with Crippen LogP contribution in [0.3, 0.4) is 0 Å². The molecular formula is C15H22N6. The quantitative estimate of drug-likeness (QED) is 0.881. The van der Waals surface area contributed by atoms with E-state index in [1.165, 1.54) is 19.3 Å². The molecule has 21 heavy (non-hydrogen) atoms. The molecule has 0 radical (unpaired) electrons. The van der Waals surface area contributed by atoms with Crippen LogP contribution in [0, 0.1) is 6.92 Å². The van der Waals surface area contributed by atoms with Gasteiger partial charge in [-0.15, -0.1) is 0 Å². The van der Waals surface area contributed by atoms with Gasteiger partial charge in [0.1, 0.15) is 11.6 Å². The lowest BCUT2D eigenvalue weighted by Gasteiger charge is -2.27. The van der Waals surface area contributed by atoms with Crippen molar-refractivity contribution in [3.05, 3.63) is 30.0 Å². The van der Waals surface area contributed by atoms with Crippen LogP contribution >= 0.6 is 0 Å². The maximum Gasteiger partial charge on any atom is 0.227 e. The molecule has 0 saturated carbocycles. The van der Waals surface area contributed by atoms with E-state index >= 15 is 0 Å². The first kappa shape index (κ1) is 13.9. The van der Waals surface area contributed by atoms with Gasteiger partial charge in [0, 0.05) is 50.2 Å². The molecule has 0 spiro atoms. The normalized spacial score (nSPS) is 15.2. The number of aromatic amines is 1. The third-order valence-corrected chi connectivity index (χ3v) is 3.70. The highest BCUT2D eigenvalue weighted by Crippen LogP contribution is 2.18. The van der Waals surface area contributed by atoms with Crippen LogP contribution in [0.2, 0.25) is 0 Å². The molecule has 0 unspecified atom stereocenters. The minimum atomic E-state index is 0.809. The molecule has 2 N–H and O–H groups in total. The van der Waals surface area contributed by atoms with E-state index in [0.29, 0.717) is 0 Å². The number of rotatable bonds is 5. The van der Waals surface area contributed by atoms with Crippen LogP contribution in [-0.4, -0.2) is 39.6 Å². The second-order valence-electron chi connectivity index (χ2n) is 5.45. The largest absolute Gasteiger partial charge is 0.369 e. The number of hydrogen-bond acceptors (Lipinski definition) is 5. The number of nitrogens with one attached hydrogen (secondary N) is 2. The van der Waals surface area contributed by atoms with E-state index in [0.717, 1.165) is 49.3 Å². The summed E-state index contributed by atoms with van der Waals surface area (Å²) in [4.78, 5) is 18.8. The zero-order valence-corrected chi connectivity index (χ0v) is 12.5. The molecule has 0 bridgehead atoms. The molecule has 1 aliphatic heterocycles. The molecule has 6 nitrogen and oxygen atoms in total. The van der Waals surface area contributed by atoms with Crippen LogP contribution < -0.4 is 10.2 Å². The van der Waals surface area contributed by atoms with Crippen LogP contribution in [0.25, 0.3) is 0 Å². The summed E-state index contributed by atoms with van der Waals surface area (Å²) in [5.74, 6) is 2.74. The first-order valence-corrected chi connectivity index (χ1v) is 7.64. The molecule has 0 amide bonds. The Kier molecular flexibility index (Phi) is 4.33. The van der Waals surface area contributed by atoms with Crippen molar-refractivity contribution < 1.29 is 0 Å². The van der Waals surface area contributed by atoms with Crippen molar-refractivity contribution in [1.82, 2.24) is 19.9 Å². The van der Waals surface area contributed by atoms with Gasteiger partial charge in [-0.1, -0.05) is 0 Å². The Bertz CT molecular complexity index is 560. The Morgan fingerprint density at radius 3 is 2.86 bits per heavy atom. The maximum absolute atomic E-state index is 4.65. The van der Waals surface area contributed by atoms with Gasteiger partial charge in [0.2, 0.25) is 5.95 Å². The summed E-state index contributed by atoms with van der Waals surface area (Å²) in [6, 6.07) is 2.00. The number of aryl methyl sites for hydroxylation is 1. The first-order valence-electron chi connectivity index (χ1n) is 7.64. The van der Waals surface area contributed by atoms with Gasteiger partial charge >= 0.3 is 0 Å². The van der Waals surface area contributed by atoms with Crippen molar-refractivity contribution in [3.8, 4) is 0 Å². The molecule has 112 valence electrons. The van der Waals surface area contributed by atoms with Gasteiger partial charge in [-0.25, -0.2) is 9.97 Å². The average Bonchev–Trinajstić information content (AvgIpc) is 3.01. The van der Waals surface area contributed by atoms with Crippen molar-refractivity contribution in [2.24, 2.45) is 0 Å². The zero-order valence-electron chi connectivity index (χ0n) is 12.5. The molecule has 1 aliphatic rings. The van der Waals surface area contributed by atoms with E-state index in [9.17, 15) is 0 Å².